The van der Waals surface area contributed by atoms with Gasteiger partial charge in [0.1, 0.15) is 5.75 Å². The monoisotopic (exact) mass is 488 g/mol. The molecule has 0 aliphatic heterocycles. The number of ether oxygens (including phenoxy) is 1. The summed E-state index contributed by atoms with van der Waals surface area (Å²) in [5, 5.41) is 8.14. The molecule has 1 saturated carbocycles. The standard InChI is InChI=1S/C25H23F3N2O3S/c1-15-9-10-34-22(15)14-29-20-12-19(20)17-7-8-18(21(11-17)33-24(32)25(26,27)28)23(31)30-13-16-5-3-2-4-6-16/h2-11,19-20,29H,12-14H2,1H3,(H,30,31). The lowest BCUT2D eigenvalue weighted by molar-refractivity contribution is -0.189. The smallest absolute Gasteiger partial charge is 0.419 e. The Morgan fingerprint density at radius 2 is 1.85 bits per heavy atom. The van der Waals surface area contributed by atoms with Crippen LogP contribution in [-0.2, 0) is 17.9 Å². The Bertz CT molecular complexity index is 1180. The fourth-order valence-electron chi connectivity index (χ4n) is 3.67. The van der Waals surface area contributed by atoms with Gasteiger partial charge in [0.2, 0.25) is 0 Å². The molecule has 1 aromatic heterocycles. The lowest BCUT2D eigenvalue weighted by Crippen LogP contribution is -2.30. The van der Waals surface area contributed by atoms with Crippen molar-refractivity contribution < 1.29 is 27.5 Å². The van der Waals surface area contributed by atoms with Gasteiger partial charge in [0.05, 0.1) is 5.56 Å². The first-order valence-corrected chi connectivity index (χ1v) is 11.6. The summed E-state index contributed by atoms with van der Waals surface area (Å²) in [6.07, 6.45) is -4.37. The van der Waals surface area contributed by atoms with Gasteiger partial charge in [0.15, 0.2) is 0 Å². The van der Waals surface area contributed by atoms with Crippen molar-refractivity contribution in [2.75, 3.05) is 0 Å². The van der Waals surface area contributed by atoms with Crippen molar-refractivity contribution in [1.29, 1.82) is 0 Å². The van der Waals surface area contributed by atoms with E-state index in [9.17, 15) is 22.8 Å². The zero-order valence-corrected chi connectivity index (χ0v) is 19.1. The van der Waals surface area contributed by atoms with E-state index < -0.39 is 23.8 Å². The van der Waals surface area contributed by atoms with Crippen molar-refractivity contribution >= 4 is 23.2 Å². The van der Waals surface area contributed by atoms with E-state index in [4.69, 9.17) is 0 Å². The number of esters is 1. The normalized spacial score (nSPS) is 17.3. The van der Waals surface area contributed by atoms with Gasteiger partial charge in [-0.3, -0.25) is 4.79 Å². The van der Waals surface area contributed by atoms with E-state index in [1.165, 1.54) is 22.6 Å². The number of carbonyl (C=O) groups excluding carboxylic acids is 2. The summed E-state index contributed by atoms with van der Waals surface area (Å²) in [5.74, 6) is -3.32. The molecular weight excluding hydrogens is 465 g/mol. The molecule has 0 radical (unpaired) electrons. The van der Waals surface area contributed by atoms with E-state index >= 15 is 0 Å². The molecule has 34 heavy (non-hydrogen) atoms. The highest BCUT2D eigenvalue weighted by molar-refractivity contribution is 7.10. The summed E-state index contributed by atoms with van der Waals surface area (Å²) in [6, 6.07) is 15.8. The number of thiophene rings is 1. The second-order valence-electron chi connectivity index (χ2n) is 8.17. The van der Waals surface area contributed by atoms with E-state index in [0.717, 1.165) is 12.0 Å². The number of nitrogens with one attached hydrogen (secondary N) is 2. The molecular formula is C25H23F3N2O3S. The van der Waals surface area contributed by atoms with Crippen molar-refractivity contribution in [3.8, 4) is 5.75 Å². The van der Waals surface area contributed by atoms with Crippen molar-refractivity contribution in [2.24, 2.45) is 0 Å². The van der Waals surface area contributed by atoms with Gasteiger partial charge in [0, 0.05) is 29.9 Å². The first-order chi connectivity index (χ1) is 16.2. The summed E-state index contributed by atoms with van der Waals surface area (Å²) >= 11 is 1.67. The Hall–Kier alpha value is -3.17. The van der Waals surface area contributed by atoms with Crippen LogP contribution < -0.4 is 15.4 Å². The lowest BCUT2D eigenvalue weighted by atomic mass is 10.1. The van der Waals surface area contributed by atoms with Crippen LogP contribution in [-0.4, -0.2) is 24.1 Å². The third-order valence-electron chi connectivity index (χ3n) is 5.69. The molecule has 2 N–H and O–H groups in total. The zero-order valence-electron chi connectivity index (χ0n) is 18.3. The van der Waals surface area contributed by atoms with Gasteiger partial charge in [-0.15, -0.1) is 11.3 Å². The van der Waals surface area contributed by atoms with Crippen molar-refractivity contribution in [1.82, 2.24) is 10.6 Å². The number of amides is 1. The van der Waals surface area contributed by atoms with Crippen LogP contribution in [0.4, 0.5) is 13.2 Å². The molecule has 178 valence electrons. The van der Waals surface area contributed by atoms with Crippen molar-refractivity contribution in [3.63, 3.8) is 0 Å². The fourth-order valence-corrected chi connectivity index (χ4v) is 4.53. The molecule has 2 atom stereocenters. The average Bonchev–Trinajstić information content (AvgIpc) is 3.48. The van der Waals surface area contributed by atoms with E-state index in [0.29, 0.717) is 12.1 Å². The molecule has 5 nitrogen and oxygen atoms in total. The Labute approximate surface area is 198 Å². The number of halogens is 3. The van der Waals surface area contributed by atoms with Gasteiger partial charge in [0.25, 0.3) is 5.91 Å². The summed E-state index contributed by atoms with van der Waals surface area (Å²) in [7, 11) is 0. The Morgan fingerprint density at radius 1 is 1.09 bits per heavy atom. The van der Waals surface area contributed by atoms with Gasteiger partial charge in [-0.2, -0.15) is 13.2 Å². The van der Waals surface area contributed by atoms with Gasteiger partial charge < -0.3 is 15.4 Å². The summed E-state index contributed by atoms with van der Waals surface area (Å²) in [5.41, 5.74) is 2.62. The van der Waals surface area contributed by atoms with E-state index in [1.807, 2.05) is 42.6 Å². The molecule has 0 spiro atoms. The highest BCUT2D eigenvalue weighted by Crippen LogP contribution is 2.43. The van der Waals surface area contributed by atoms with Crippen molar-refractivity contribution in [3.05, 3.63) is 87.1 Å². The van der Waals surface area contributed by atoms with Gasteiger partial charge in [-0.25, -0.2) is 4.79 Å². The van der Waals surface area contributed by atoms with Gasteiger partial charge >= 0.3 is 12.1 Å². The molecule has 1 aliphatic carbocycles. The SMILES string of the molecule is Cc1ccsc1CNC1CC1c1ccc(C(=O)NCc2ccccc2)c(OC(=O)C(F)(F)F)c1. The predicted octanol–water partition coefficient (Wildman–Crippen LogP) is 5.10. The Morgan fingerprint density at radius 3 is 2.53 bits per heavy atom. The topological polar surface area (TPSA) is 67.4 Å². The van der Waals surface area contributed by atoms with E-state index in [1.54, 1.807) is 17.4 Å². The maximum atomic E-state index is 12.9. The molecule has 9 heteroatoms. The number of hydrogen-bond donors (Lipinski definition) is 2. The first-order valence-electron chi connectivity index (χ1n) is 10.7. The molecule has 4 rings (SSSR count). The maximum absolute atomic E-state index is 12.9. The number of benzene rings is 2. The summed E-state index contributed by atoms with van der Waals surface area (Å²) in [4.78, 5) is 25.5. The quantitative estimate of drug-likeness (QED) is 0.342. The minimum atomic E-state index is -5.17. The molecule has 0 bridgehead atoms. The van der Waals surface area contributed by atoms with Crippen LogP contribution >= 0.6 is 11.3 Å². The number of alkyl halides is 3. The Balaban J connectivity index is 1.48. The van der Waals surface area contributed by atoms with Crippen LogP contribution in [0.5, 0.6) is 5.75 Å². The number of carbonyl (C=O) groups is 2. The first kappa shape index (κ1) is 24.0. The van der Waals surface area contributed by atoms with Crippen LogP contribution in [0.15, 0.2) is 60.0 Å². The molecule has 1 amide bonds. The lowest BCUT2D eigenvalue weighted by Gasteiger charge is -2.14. The molecule has 2 aromatic carbocycles. The minimum Gasteiger partial charge on any atom is -0.419 e. The second-order valence-corrected chi connectivity index (χ2v) is 9.17. The van der Waals surface area contributed by atoms with Gasteiger partial charge in [-0.05, 0) is 53.6 Å². The largest absolute Gasteiger partial charge is 0.491 e. The van der Waals surface area contributed by atoms with Crippen LogP contribution in [0.2, 0.25) is 0 Å². The third-order valence-corrected chi connectivity index (χ3v) is 6.71. The molecule has 3 aromatic rings. The predicted molar refractivity (Wildman–Crippen MR) is 123 cm³/mol. The molecule has 2 unspecified atom stereocenters. The van der Waals surface area contributed by atoms with Crippen LogP contribution in [0.25, 0.3) is 0 Å². The summed E-state index contributed by atoms with van der Waals surface area (Å²) in [6.45, 7) is 2.94. The molecule has 1 aliphatic rings. The van der Waals surface area contributed by atoms with E-state index in [2.05, 4.69) is 21.4 Å². The Kier molecular flexibility index (Phi) is 7.04. The minimum absolute atomic E-state index is 0.0602. The third kappa shape index (κ3) is 5.84. The highest BCUT2D eigenvalue weighted by Gasteiger charge is 2.43. The van der Waals surface area contributed by atoms with E-state index in [-0.39, 0.29) is 24.1 Å². The van der Waals surface area contributed by atoms with Crippen molar-refractivity contribution in [2.45, 2.75) is 44.6 Å². The molecule has 1 fully saturated rings. The average molecular weight is 489 g/mol. The zero-order chi connectivity index (χ0) is 24.3. The molecule has 1 heterocycles. The van der Waals surface area contributed by atoms with Gasteiger partial charge in [-0.1, -0.05) is 36.4 Å². The summed E-state index contributed by atoms with van der Waals surface area (Å²) < 4.78 is 43.2. The number of hydrogen-bond acceptors (Lipinski definition) is 5. The maximum Gasteiger partial charge on any atom is 0.491 e. The molecule has 0 saturated heterocycles. The fraction of sp³-hybridized carbons (Fsp3) is 0.280. The highest BCUT2D eigenvalue weighted by atomic mass is 32.1. The second kappa shape index (κ2) is 9.99. The van der Waals surface area contributed by atoms with Crippen LogP contribution in [0, 0.1) is 6.92 Å². The van der Waals surface area contributed by atoms with Crippen LogP contribution in [0.3, 0.4) is 0 Å². The number of rotatable bonds is 8. The number of aryl methyl sites for hydroxylation is 1. The van der Waals surface area contributed by atoms with Crippen LogP contribution in [0.1, 0.15) is 44.3 Å².